The maximum atomic E-state index is 10.8. The normalized spacial score (nSPS) is 34.6. The van der Waals surface area contributed by atoms with Gasteiger partial charge in [0.05, 0.1) is 28.0 Å². The summed E-state index contributed by atoms with van der Waals surface area (Å²) in [5.41, 5.74) is 1.61. The average molecular weight is 376 g/mol. The summed E-state index contributed by atoms with van der Waals surface area (Å²) in [6.07, 6.45) is 7.41. The van der Waals surface area contributed by atoms with Crippen molar-refractivity contribution in [1.29, 1.82) is 0 Å². The molecule has 26 heavy (non-hydrogen) atoms. The predicted molar refractivity (Wildman–Crippen MR) is 103 cm³/mol. The van der Waals surface area contributed by atoms with Crippen molar-refractivity contribution in [1.82, 2.24) is 9.78 Å². The van der Waals surface area contributed by atoms with Crippen molar-refractivity contribution >= 4 is 28.2 Å². The SMILES string of the molecule is CC1(O)[C@@H]2CC[C@H]1CN(c1cc3c(cnn3C3CCCCO3)cc1Cl)C2. The van der Waals surface area contributed by atoms with E-state index in [0.29, 0.717) is 11.8 Å². The van der Waals surface area contributed by atoms with Gasteiger partial charge in [0, 0.05) is 36.9 Å². The summed E-state index contributed by atoms with van der Waals surface area (Å²) in [5.74, 6) is 0.638. The fourth-order valence-electron chi connectivity index (χ4n) is 5.12. The van der Waals surface area contributed by atoms with Crippen LogP contribution in [-0.4, -0.2) is 40.2 Å². The Bertz CT molecular complexity index is 812. The molecule has 2 unspecified atom stereocenters. The van der Waals surface area contributed by atoms with Crippen molar-refractivity contribution in [2.75, 3.05) is 24.6 Å². The number of ether oxygens (including phenoxy) is 1. The molecule has 1 aromatic carbocycles. The summed E-state index contributed by atoms with van der Waals surface area (Å²) in [5, 5.41) is 17.2. The first-order valence-electron chi connectivity index (χ1n) is 9.80. The molecule has 3 heterocycles. The van der Waals surface area contributed by atoms with Crippen LogP contribution >= 0.6 is 11.6 Å². The topological polar surface area (TPSA) is 50.5 Å². The quantitative estimate of drug-likeness (QED) is 0.862. The van der Waals surface area contributed by atoms with E-state index >= 15 is 0 Å². The average Bonchev–Trinajstić information content (AvgIpc) is 3.05. The molecule has 2 aliphatic heterocycles. The molecule has 140 valence electrons. The smallest absolute Gasteiger partial charge is 0.150 e. The Morgan fingerprint density at radius 2 is 1.96 bits per heavy atom. The largest absolute Gasteiger partial charge is 0.389 e. The van der Waals surface area contributed by atoms with Crippen molar-refractivity contribution in [3.63, 3.8) is 0 Å². The summed E-state index contributed by atoms with van der Waals surface area (Å²) < 4.78 is 7.96. The number of aromatic nitrogens is 2. The third-order valence-electron chi connectivity index (χ3n) is 6.83. The van der Waals surface area contributed by atoms with Gasteiger partial charge in [-0.2, -0.15) is 5.10 Å². The number of benzene rings is 1. The van der Waals surface area contributed by atoms with Crippen molar-refractivity contribution in [3.05, 3.63) is 23.4 Å². The molecule has 1 N–H and O–H groups in total. The first-order valence-corrected chi connectivity index (χ1v) is 10.2. The van der Waals surface area contributed by atoms with Crippen LogP contribution < -0.4 is 4.90 Å². The number of aliphatic hydroxyl groups is 1. The number of hydrogen-bond acceptors (Lipinski definition) is 4. The van der Waals surface area contributed by atoms with Gasteiger partial charge in [0.15, 0.2) is 6.23 Å². The summed E-state index contributed by atoms with van der Waals surface area (Å²) in [4.78, 5) is 2.36. The number of fused-ring (bicyclic) bond motifs is 3. The second-order valence-electron chi connectivity index (χ2n) is 8.37. The summed E-state index contributed by atoms with van der Waals surface area (Å²) >= 11 is 6.65. The number of nitrogens with zero attached hydrogens (tertiary/aromatic N) is 3. The van der Waals surface area contributed by atoms with Crippen LogP contribution in [0.4, 0.5) is 5.69 Å². The third kappa shape index (κ3) is 2.55. The van der Waals surface area contributed by atoms with Crippen molar-refractivity contribution in [2.24, 2.45) is 11.8 Å². The van der Waals surface area contributed by atoms with E-state index in [4.69, 9.17) is 16.3 Å². The Balaban J connectivity index is 1.51. The van der Waals surface area contributed by atoms with E-state index in [1.54, 1.807) is 0 Å². The Kier molecular flexibility index (Phi) is 3.96. The lowest BCUT2D eigenvalue weighted by atomic mass is 9.82. The van der Waals surface area contributed by atoms with Gasteiger partial charge in [-0.3, -0.25) is 0 Å². The molecule has 3 aliphatic rings. The molecule has 1 aliphatic carbocycles. The number of piperidine rings is 1. The Labute approximate surface area is 158 Å². The molecule has 5 rings (SSSR count). The summed E-state index contributed by atoms with van der Waals surface area (Å²) in [7, 11) is 0. The highest BCUT2D eigenvalue weighted by Gasteiger charge is 2.50. The van der Waals surface area contributed by atoms with E-state index in [-0.39, 0.29) is 6.23 Å². The molecule has 2 bridgehead atoms. The molecule has 6 heteroatoms. The van der Waals surface area contributed by atoms with Crippen LogP contribution in [0.2, 0.25) is 5.02 Å². The van der Waals surface area contributed by atoms with Gasteiger partial charge in [-0.15, -0.1) is 0 Å². The molecule has 1 saturated carbocycles. The summed E-state index contributed by atoms with van der Waals surface area (Å²) in [6, 6.07) is 4.19. The van der Waals surface area contributed by atoms with Crippen LogP contribution in [0.5, 0.6) is 0 Å². The van der Waals surface area contributed by atoms with Gasteiger partial charge in [-0.25, -0.2) is 4.68 Å². The molecular weight excluding hydrogens is 350 g/mol. The van der Waals surface area contributed by atoms with E-state index < -0.39 is 5.60 Å². The molecule has 1 aromatic heterocycles. The molecule has 4 atom stereocenters. The van der Waals surface area contributed by atoms with E-state index in [2.05, 4.69) is 16.1 Å². The van der Waals surface area contributed by atoms with Gasteiger partial charge in [0.25, 0.3) is 0 Å². The zero-order valence-electron chi connectivity index (χ0n) is 15.2. The van der Waals surface area contributed by atoms with Gasteiger partial charge in [-0.1, -0.05) is 11.6 Å². The zero-order valence-corrected chi connectivity index (χ0v) is 16.0. The minimum absolute atomic E-state index is 0.0218. The Hall–Kier alpha value is -1.30. The van der Waals surface area contributed by atoms with Gasteiger partial charge in [0.1, 0.15) is 0 Å². The molecule has 5 nitrogen and oxygen atoms in total. The number of rotatable bonds is 2. The molecule has 0 spiro atoms. The Morgan fingerprint density at radius 1 is 1.19 bits per heavy atom. The highest BCUT2D eigenvalue weighted by Crippen LogP contribution is 2.47. The van der Waals surface area contributed by atoms with Gasteiger partial charge >= 0.3 is 0 Å². The maximum Gasteiger partial charge on any atom is 0.150 e. The van der Waals surface area contributed by atoms with Crippen LogP contribution in [0.15, 0.2) is 18.3 Å². The van der Waals surface area contributed by atoms with Crippen molar-refractivity contribution in [3.8, 4) is 0 Å². The highest BCUT2D eigenvalue weighted by atomic mass is 35.5. The zero-order chi connectivity index (χ0) is 17.9. The maximum absolute atomic E-state index is 10.8. The molecule has 2 saturated heterocycles. The van der Waals surface area contributed by atoms with E-state index in [0.717, 1.165) is 67.0 Å². The number of halogens is 1. The van der Waals surface area contributed by atoms with Crippen LogP contribution in [-0.2, 0) is 4.74 Å². The van der Waals surface area contributed by atoms with Gasteiger partial charge in [0.2, 0.25) is 0 Å². The predicted octanol–water partition coefficient (Wildman–Crippen LogP) is 3.99. The first kappa shape index (κ1) is 16.8. The molecule has 0 amide bonds. The first-order chi connectivity index (χ1) is 12.5. The molecule has 0 radical (unpaired) electrons. The molecule has 2 aromatic rings. The standard InChI is InChI=1S/C20H26ClN3O2/c1-20(25)14-5-6-15(20)12-23(11-14)18-9-17-13(8-16(18)21)10-22-24(17)19-4-2-3-7-26-19/h8-10,14-15,19,25H,2-7,11-12H2,1H3/t14-,15+,19?,20?. The van der Waals surface area contributed by atoms with E-state index in [1.165, 1.54) is 6.42 Å². The van der Waals surface area contributed by atoms with E-state index in [1.807, 2.05) is 23.9 Å². The lowest BCUT2D eigenvalue weighted by molar-refractivity contribution is -0.0366. The lowest BCUT2D eigenvalue weighted by Gasteiger charge is -2.43. The van der Waals surface area contributed by atoms with Crippen molar-refractivity contribution < 1.29 is 9.84 Å². The second-order valence-corrected chi connectivity index (χ2v) is 8.78. The fraction of sp³-hybridized carbons (Fsp3) is 0.650. The second kappa shape index (κ2) is 6.11. The van der Waals surface area contributed by atoms with Crippen LogP contribution in [0, 0.1) is 11.8 Å². The van der Waals surface area contributed by atoms with Crippen LogP contribution in [0.25, 0.3) is 10.9 Å². The lowest BCUT2D eigenvalue weighted by Crippen LogP contribution is -2.52. The molecule has 3 fully saturated rings. The van der Waals surface area contributed by atoms with Gasteiger partial charge < -0.3 is 14.7 Å². The highest BCUT2D eigenvalue weighted by molar-refractivity contribution is 6.34. The van der Waals surface area contributed by atoms with Gasteiger partial charge in [-0.05, 0) is 51.2 Å². The third-order valence-corrected chi connectivity index (χ3v) is 7.13. The van der Waals surface area contributed by atoms with Crippen LogP contribution in [0.3, 0.4) is 0 Å². The van der Waals surface area contributed by atoms with Crippen molar-refractivity contribution in [2.45, 2.75) is 50.9 Å². The number of hydrogen-bond donors (Lipinski definition) is 1. The summed E-state index contributed by atoms with van der Waals surface area (Å²) in [6.45, 7) is 4.54. The number of anilines is 1. The van der Waals surface area contributed by atoms with E-state index in [9.17, 15) is 5.11 Å². The minimum Gasteiger partial charge on any atom is -0.389 e. The molecular formula is C20H26ClN3O2. The van der Waals surface area contributed by atoms with Crippen LogP contribution in [0.1, 0.15) is 45.3 Å². The fourth-order valence-corrected chi connectivity index (χ4v) is 5.41. The monoisotopic (exact) mass is 375 g/mol. The Morgan fingerprint density at radius 3 is 2.65 bits per heavy atom. The minimum atomic E-state index is -0.537.